The summed E-state index contributed by atoms with van der Waals surface area (Å²) in [5.74, 6) is 1.09. The summed E-state index contributed by atoms with van der Waals surface area (Å²) in [5, 5.41) is 4.66. The summed E-state index contributed by atoms with van der Waals surface area (Å²) in [7, 11) is 0. The van der Waals surface area contributed by atoms with E-state index >= 15 is 0 Å². The van der Waals surface area contributed by atoms with Gasteiger partial charge >= 0.3 is 0 Å². The number of aryl methyl sites for hydroxylation is 1. The summed E-state index contributed by atoms with van der Waals surface area (Å²) >= 11 is 0. The average molecular weight is 522 g/mol. The summed E-state index contributed by atoms with van der Waals surface area (Å²) in [6, 6.07) is 18.1. The van der Waals surface area contributed by atoms with Crippen LogP contribution in [0.1, 0.15) is 86.8 Å². The van der Waals surface area contributed by atoms with E-state index < -0.39 is 0 Å². The molecule has 1 unspecified atom stereocenters. The van der Waals surface area contributed by atoms with Crippen LogP contribution < -0.4 is 11.1 Å². The standard InChI is InChI=1S/C32H43N3O.ClH/c1-23-8-7-11-25(18-23)19-26(20-32(36)34-28-16-14-27(33)15-17-28)30-22-35(21-24-9-3-2-4-10-24)31-13-6-5-12-29(30)31;/h5-8,11-13,18,22,24,26-28H,2-4,9-10,14-17,19-21,33H2,1H3,(H,34,36);1H. The zero-order valence-corrected chi connectivity index (χ0v) is 23.1. The maximum absolute atomic E-state index is 13.3. The Bertz CT molecular complexity index is 1160. The predicted molar refractivity (Wildman–Crippen MR) is 156 cm³/mol. The van der Waals surface area contributed by atoms with Crippen LogP contribution >= 0.6 is 12.4 Å². The lowest BCUT2D eigenvalue weighted by Crippen LogP contribution is -2.40. The van der Waals surface area contributed by atoms with E-state index in [9.17, 15) is 4.79 Å². The van der Waals surface area contributed by atoms with Gasteiger partial charge in [-0.3, -0.25) is 4.79 Å². The predicted octanol–water partition coefficient (Wildman–Crippen LogP) is 7.05. The third-order valence-electron chi connectivity index (χ3n) is 8.57. The van der Waals surface area contributed by atoms with Crippen LogP contribution in [0.4, 0.5) is 0 Å². The lowest BCUT2D eigenvalue weighted by Gasteiger charge is -2.27. The zero-order chi connectivity index (χ0) is 24.9. The highest BCUT2D eigenvalue weighted by Crippen LogP contribution is 2.35. The van der Waals surface area contributed by atoms with Gasteiger partial charge in [0, 0.05) is 42.1 Å². The van der Waals surface area contributed by atoms with Crippen molar-refractivity contribution in [2.75, 3.05) is 0 Å². The maximum atomic E-state index is 13.3. The first-order chi connectivity index (χ1) is 17.5. The average Bonchev–Trinajstić information content (AvgIpc) is 3.24. The fraction of sp³-hybridized carbons (Fsp3) is 0.531. The molecule has 1 amide bonds. The number of hydrogen-bond donors (Lipinski definition) is 2. The molecule has 4 nitrogen and oxygen atoms in total. The molecular weight excluding hydrogens is 478 g/mol. The third-order valence-corrected chi connectivity index (χ3v) is 8.57. The minimum absolute atomic E-state index is 0. The molecule has 2 aliphatic rings. The van der Waals surface area contributed by atoms with Crippen LogP contribution in [0.25, 0.3) is 10.9 Å². The Morgan fingerprint density at radius 2 is 1.76 bits per heavy atom. The Labute approximate surface area is 228 Å². The van der Waals surface area contributed by atoms with Crippen molar-refractivity contribution in [2.45, 2.75) is 102 Å². The van der Waals surface area contributed by atoms with Crippen LogP contribution in [-0.2, 0) is 17.8 Å². The topological polar surface area (TPSA) is 60.1 Å². The highest BCUT2D eigenvalue weighted by Gasteiger charge is 2.25. The minimum atomic E-state index is 0. The smallest absolute Gasteiger partial charge is 0.220 e. The molecule has 200 valence electrons. The highest BCUT2D eigenvalue weighted by atomic mass is 35.5. The second-order valence-electron chi connectivity index (χ2n) is 11.5. The molecule has 2 fully saturated rings. The fourth-order valence-electron chi connectivity index (χ4n) is 6.59. The Balaban J connectivity index is 0.00000320. The molecule has 37 heavy (non-hydrogen) atoms. The van der Waals surface area contributed by atoms with Gasteiger partial charge in [-0.1, -0.05) is 67.3 Å². The Morgan fingerprint density at radius 1 is 1.00 bits per heavy atom. The molecule has 0 saturated heterocycles. The molecule has 3 N–H and O–H groups in total. The van der Waals surface area contributed by atoms with Crippen LogP contribution in [0.5, 0.6) is 0 Å². The molecular formula is C32H44ClN3O. The zero-order valence-electron chi connectivity index (χ0n) is 22.3. The second-order valence-corrected chi connectivity index (χ2v) is 11.5. The van der Waals surface area contributed by atoms with Crippen molar-refractivity contribution in [1.29, 1.82) is 0 Å². The number of fused-ring (bicyclic) bond motifs is 1. The number of nitrogens with one attached hydrogen (secondary N) is 1. The van der Waals surface area contributed by atoms with Crippen LogP contribution in [0.2, 0.25) is 0 Å². The van der Waals surface area contributed by atoms with Gasteiger partial charge in [-0.15, -0.1) is 12.4 Å². The second kappa shape index (κ2) is 13.0. The lowest BCUT2D eigenvalue weighted by atomic mass is 9.87. The number of carbonyl (C=O) groups is 1. The van der Waals surface area contributed by atoms with E-state index in [1.807, 2.05) is 0 Å². The molecule has 2 saturated carbocycles. The van der Waals surface area contributed by atoms with Crippen LogP contribution in [0, 0.1) is 12.8 Å². The first kappa shape index (κ1) is 27.7. The molecule has 5 heteroatoms. The van der Waals surface area contributed by atoms with Crippen molar-refractivity contribution in [1.82, 2.24) is 9.88 Å². The van der Waals surface area contributed by atoms with E-state index in [0.717, 1.165) is 44.6 Å². The highest BCUT2D eigenvalue weighted by molar-refractivity contribution is 5.86. The number of aromatic nitrogens is 1. The van der Waals surface area contributed by atoms with Gasteiger partial charge in [0.05, 0.1) is 0 Å². The molecule has 1 atom stereocenters. The molecule has 0 spiro atoms. The van der Waals surface area contributed by atoms with Gasteiger partial charge < -0.3 is 15.6 Å². The van der Waals surface area contributed by atoms with Crippen molar-refractivity contribution in [3.05, 3.63) is 71.4 Å². The SMILES string of the molecule is Cc1cccc(CC(CC(=O)NC2CCC(N)CC2)c2cn(CC3CCCCC3)c3ccccc23)c1.Cl. The van der Waals surface area contributed by atoms with E-state index in [4.69, 9.17) is 5.73 Å². The van der Waals surface area contributed by atoms with Gasteiger partial charge in [-0.2, -0.15) is 0 Å². The Morgan fingerprint density at radius 3 is 2.51 bits per heavy atom. The normalized spacial score (nSPS) is 21.4. The number of carbonyl (C=O) groups excluding carboxylic acids is 1. The number of rotatable bonds is 8. The summed E-state index contributed by atoms with van der Waals surface area (Å²) in [6.07, 6.45) is 14.6. The molecule has 1 aromatic heterocycles. The van der Waals surface area contributed by atoms with Crippen LogP contribution in [0.3, 0.4) is 0 Å². The molecule has 2 aliphatic carbocycles. The number of nitrogens with zero attached hydrogens (tertiary/aromatic N) is 1. The van der Waals surface area contributed by atoms with Crippen LogP contribution in [0.15, 0.2) is 54.7 Å². The molecule has 0 bridgehead atoms. The van der Waals surface area contributed by atoms with Gasteiger partial charge in [0.1, 0.15) is 0 Å². The summed E-state index contributed by atoms with van der Waals surface area (Å²) in [6.45, 7) is 3.24. The minimum Gasteiger partial charge on any atom is -0.353 e. The molecule has 0 radical (unpaired) electrons. The number of hydrogen-bond acceptors (Lipinski definition) is 2. The summed E-state index contributed by atoms with van der Waals surface area (Å²) in [4.78, 5) is 13.3. The number of benzene rings is 2. The van der Waals surface area contributed by atoms with Gasteiger partial charge in [0.2, 0.25) is 5.91 Å². The monoisotopic (exact) mass is 521 g/mol. The van der Waals surface area contributed by atoms with E-state index in [-0.39, 0.29) is 30.3 Å². The van der Waals surface area contributed by atoms with Gasteiger partial charge in [0.25, 0.3) is 0 Å². The van der Waals surface area contributed by atoms with Gasteiger partial charge in [0.15, 0.2) is 0 Å². The number of nitrogens with two attached hydrogens (primary N) is 1. The van der Waals surface area contributed by atoms with Crippen molar-refractivity contribution in [2.24, 2.45) is 11.7 Å². The number of halogens is 1. The van der Waals surface area contributed by atoms with Crippen LogP contribution in [-0.4, -0.2) is 22.6 Å². The lowest BCUT2D eigenvalue weighted by molar-refractivity contribution is -0.122. The largest absolute Gasteiger partial charge is 0.353 e. The first-order valence-corrected chi connectivity index (χ1v) is 14.2. The fourth-order valence-corrected chi connectivity index (χ4v) is 6.59. The van der Waals surface area contributed by atoms with E-state index in [1.54, 1.807) is 0 Å². The first-order valence-electron chi connectivity index (χ1n) is 14.2. The molecule has 3 aromatic rings. The van der Waals surface area contributed by atoms with Gasteiger partial charge in [-0.25, -0.2) is 0 Å². The van der Waals surface area contributed by atoms with Crippen molar-refractivity contribution in [3.63, 3.8) is 0 Å². The number of para-hydroxylation sites is 1. The Hall–Kier alpha value is -2.30. The maximum Gasteiger partial charge on any atom is 0.220 e. The molecule has 1 heterocycles. The van der Waals surface area contributed by atoms with E-state index in [2.05, 4.69) is 71.5 Å². The van der Waals surface area contributed by atoms with E-state index in [0.29, 0.717) is 12.5 Å². The Kier molecular flexibility index (Phi) is 9.72. The number of amides is 1. The van der Waals surface area contributed by atoms with Gasteiger partial charge in [-0.05, 0) is 80.9 Å². The molecule has 0 aliphatic heterocycles. The third kappa shape index (κ3) is 7.18. The quantitative estimate of drug-likeness (QED) is 0.333. The molecule has 2 aromatic carbocycles. The summed E-state index contributed by atoms with van der Waals surface area (Å²) in [5.41, 5.74) is 11.3. The summed E-state index contributed by atoms with van der Waals surface area (Å²) < 4.78 is 2.49. The van der Waals surface area contributed by atoms with Crippen molar-refractivity contribution in [3.8, 4) is 0 Å². The van der Waals surface area contributed by atoms with E-state index in [1.165, 1.54) is 59.7 Å². The van der Waals surface area contributed by atoms with Crippen molar-refractivity contribution >= 4 is 29.2 Å². The molecule has 5 rings (SSSR count). The van der Waals surface area contributed by atoms with Crippen molar-refractivity contribution < 1.29 is 4.79 Å².